The average molecular weight is 327 g/mol. The second kappa shape index (κ2) is 7.42. The van der Waals surface area contributed by atoms with Crippen molar-refractivity contribution >= 4 is 28.2 Å². The number of rotatable bonds is 6. The molecular weight excluding hydrogens is 310 g/mol. The van der Waals surface area contributed by atoms with E-state index in [1.165, 1.54) is 11.1 Å². The molecule has 0 saturated carbocycles. The quantitative estimate of drug-likeness (QED) is 0.646. The molecule has 0 fully saturated rings. The van der Waals surface area contributed by atoms with Crippen LogP contribution in [0, 0.1) is 0 Å². The molecule has 22 heavy (non-hydrogen) atoms. The Morgan fingerprint density at radius 2 is 1.68 bits per heavy atom. The van der Waals surface area contributed by atoms with Crippen LogP contribution < -0.4 is 5.32 Å². The van der Waals surface area contributed by atoms with Crippen LogP contribution in [0.25, 0.3) is 0 Å². The molecular formula is C17H17N3S2. The molecule has 0 spiro atoms. The van der Waals surface area contributed by atoms with Crippen molar-refractivity contribution < 1.29 is 0 Å². The van der Waals surface area contributed by atoms with Crippen molar-refractivity contribution in [2.24, 2.45) is 0 Å². The summed E-state index contributed by atoms with van der Waals surface area (Å²) in [5, 5.41) is 13.0. The molecule has 0 aliphatic carbocycles. The van der Waals surface area contributed by atoms with Crippen molar-refractivity contribution in [3.63, 3.8) is 0 Å². The van der Waals surface area contributed by atoms with Crippen LogP contribution in [0.15, 0.2) is 65.0 Å². The van der Waals surface area contributed by atoms with Gasteiger partial charge in [-0.3, -0.25) is 0 Å². The van der Waals surface area contributed by atoms with E-state index in [4.69, 9.17) is 0 Å². The molecule has 0 aliphatic heterocycles. The fourth-order valence-electron chi connectivity index (χ4n) is 2.05. The summed E-state index contributed by atoms with van der Waals surface area (Å²) in [5.41, 5.74) is 2.55. The molecule has 112 valence electrons. The van der Waals surface area contributed by atoms with Crippen molar-refractivity contribution in [1.82, 2.24) is 10.2 Å². The van der Waals surface area contributed by atoms with Gasteiger partial charge >= 0.3 is 0 Å². The Morgan fingerprint density at radius 3 is 2.41 bits per heavy atom. The summed E-state index contributed by atoms with van der Waals surface area (Å²) < 4.78 is 0.993. The maximum Gasteiger partial charge on any atom is 0.206 e. The Bertz CT molecular complexity index is 698. The number of aromatic nitrogens is 2. The lowest BCUT2D eigenvalue weighted by atomic mass is 10.2. The Kier molecular flexibility index (Phi) is 5.08. The molecule has 0 unspecified atom stereocenters. The molecule has 2 aromatic carbocycles. The highest BCUT2D eigenvalue weighted by Gasteiger charge is 2.11. The zero-order valence-electron chi connectivity index (χ0n) is 12.3. The summed E-state index contributed by atoms with van der Waals surface area (Å²) >= 11 is 3.35. The van der Waals surface area contributed by atoms with Crippen LogP contribution in [0.1, 0.15) is 23.3 Å². The normalized spacial score (nSPS) is 12.0. The Morgan fingerprint density at radius 1 is 1.00 bits per heavy atom. The fraction of sp³-hybridized carbons (Fsp3) is 0.176. The van der Waals surface area contributed by atoms with Gasteiger partial charge in [-0.05, 0) is 18.1 Å². The zero-order chi connectivity index (χ0) is 15.2. The lowest BCUT2D eigenvalue weighted by Gasteiger charge is -2.08. The van der Waals surface area contributed by atoms with Gasteiger partial charge < -0.3 is 5.32 Å². The van der Waals surface area contributed by atoms with Crippen molar-refractivity contribution in [1.29, 1.82) is 0 Å². The lowest BCUT2D eigenvalue weighted by molar-refractivity contribution is 0.987. The van der Waals surface area contributed by atoms with Gasteiger partial charge in [0, 0.05) is 11.8 Å². The average Bonchev–Trinajstić information content (AvgIpc) is 3.02. The first-order valence-corrected chi connectivity index (χ1v) is 8.84. The van der Waals surface area contributed by atoms with Crippen molar-refractivity contribution in [2.75, 3.05) is 5.32 Å². The second-order valence-electron chi connectivity index (χ2n) is 4.88. The van der Waals surface area contributed by atoms with Crippen LogP contribution in [-0.2, 0) is 6.54 Å². The maximum atomic E-state index is 4.26. The van der Waals surface area contributed by atoms with E-state index in [2.05, 4.69) is 58.8 Å². The molecule has 1 atom stereocenters. The maximum absolute atomic E-state index is 4.26. The highest BCUT2D eigenvalue weighted by molar-refractivity contribution is 8.01. The Labute approximate surface area is 138 Å². The van der Waals surface area contributed by atoms with Crippen molar-refractivity contribution in [3.05, 3.63) is 71.8 Å². The smallest absolute Gasteiger partial charge is 0.206 e. The molecule has 0 saturated heterocycles. The second-order valence-corrected chi connectivity index (χ2v) is 7.45. The summed E-state index contributed by atoms with van der Waals surface area (Å²) in [5.74, 6) is 0. The van der Waals surface area contributed by atoms with Crippen LogP contribution in [0.4, 0.5) is 5.13 Å². The number of nitrogens with zero attached hydrogens (tertiary/aromatic N) is 2. The van der Waals surface area contributed by atoms with Gasteiger partial charge in [-0.25, -0.2) is 0 Å². The van der Waals surface area contributed by atoms with E-state index in [9.17, 15) is 0 Å². The molecule has 3 nitrogen and oxygen atoms in total. The summed E-state index contributed by atoms with van der Waals surface area (Å²) in [4.78, 5) is 0. The molecule has 0 bridgehead atoms. The number of anilines is 1. The topological polar surface area (TPSA) is 37.8 Å². The summed E-state index contributed by atoms with van der Waals surface area (Å²) in [6.07, 6.45) is 0. The van der Waals surface area contributed by atoms with Crippen molar-refractivity contribution in [2.45, 2.75) is 23.1 Å². The van der Waals surface area contributed by atoms with Crippen LogP contribution in [0.3, 0.4) is 0 Å². The van der Waals surface area contributed by atoms with Gasteiger partial charge in [0.25, 0.3) is 0 Å². The van der Waals surface area contributed by atoms with Crippen LogP contribution >= 0.6 is 23.1 Å². The van der Waals surface area contributed by atoms with Gasteiger partial charge in [-0.15, -0.1) is 10.2 Å². The summed E-state index contributed by atoms with van der Waals surface area (Å²) in [6.45, 7) is 2.97. The van der Waals surface area contributed by atoms with Crippen LogP contribution in [0.5, 0.6) is 0 Å². The third-order valence-electron chi connectivity index (χ3n) is 3.24. The van der Waals surface area contributed by atoms with Gasteiger partial charge in [-0.1, -0.05) is 83.8 Å². The van der Waals surface area contributed by atoms with Gasteiger partial charge in [0.1, 0.15) is 0 Å². The van der Waals surface area contributed by atoms with E-state index in [0.717, 1.165) is 16.0 Å². The van der Waals surface area contributed by atoms with E-state index in [1.807, 2.05) is 24.3 Å². The number of nitrogens with one attached hydrogen (secondary N) is 1. The number of hydrogen-bond acceptors (Lipinski definition) is 5. The molecule has 0 aliphatic rings. The van der Waals surface area contributed by atoms with Crippen LogP contribution in [0.2, 0.25) is 0 Å². The van der Waals surface area contributed by atoms with Gasteiger partial charge in [0.05, 0.1) is 0 Å². The molecule has 0 radical (unpaired) electrons. The minimum Gasteiger partial charge on any atom is -0.356 e. The predicted molar refractivity (Wildman–Crippen MR) is 94.4 cm³/mol. The molecule has 5 heteroatoms. The molecule has 1 N–H and O–H groups in total. The van der Waals surface area contributed by atoms with E-state index < -0.39 is 0 Å². The van der Waals surface area contributed by atoms with Gasteiger partial charge in [0.2, 0.25) is 5.13 Å². The third-order valence-corrected chi connectivity index (χ3v) is 5.36. The third kappa shape index (κ3) is 4.08. The van der Waals surface area contributed by atoms with Crippen LogP contribution in [-0.4, -0.2) is 10.2 Å². The number of thioether (sulfide) groups is 1. The number of benzene rings is 2. The number of hydrogen-bond donors (Lipinski definition) is 1. The Hall–Kier alpha value is -1.85. The first-order chi connectivity index (χ1) is 10.8. The zero-order valence-corrected chi connectivity index (χ0v) is 13.9. The standard InChI is InChI=1S/C17H17N3S2/c1-13(15-10-6-3-7-11-15)21-17-20-19-16(22-17)18-12-14-8-4-2-5-9-14/h2-11,13H,12H2,1H3,(H,18,19)/t13-/m0/s1. The lowest BCUT2D eigenvalue weighted by Crippen LogP contribution is -1.98. The van der Waals surface area contributed by atoms with Gasteiger partial charge in [0.15, 0.2) is 4.34 Å². The van der Waals surface area contributed by atoms with Gasteiger partial charge in [-0.2, -0.15) is 0 Å². The molecule has 0 amide bonds. The minimum atomic E-state index is 0.371. The summed E-state index contributed by atoms with van der Waals surface area (Å²) in [6, 6.07) is 20.8. The Balaban J connectivity index is 1.57. The summed E-state index contributed by atoms with van der Waals surface area (Å²) in [7, 11) is 0. The fourth-order valence-corrected chi connectivity index (χ4v) is 4.06. The predicted octanol–water partition coefficient (Wildman–Crippen LogP) is 5.00. The highest BCUT2D eigenvalue weighted by Crippen LogP contribution is 2.37. The minimum absolute atomic E-state index is 0.371. The first kappa shape index (κ1) is 15.1. The molecule has 3 aromatic rings. The first-order valence-electron chi connectivity index (χ1n) is 7.14. The molecule has 1 heterocycles. The largest absolute Gasteiger partial charge is 0.356 e. The van der Waals surface area contributed by atoms with E-state index in [-0.39, 0.29) is 0 Å². The van der Waals surface area contributed by atoms with E-state index in [0.29, 0.717) is 5.25 Å². The highest BCUT2D eigenvalue weighted by atomic mass is 32.2. The molecule has 1 aromatic heterocycles. The van der Waals surface area contributed by atoms with E-state index in [1.54, 1.807) is 23.1 Å². The monoisotopic (exact) mass is 327 g/mol. The SMILES string of the molecule is C[C@H](Sc1nnc(NCc2ccccc2)s1)c1ccccc1. The van der Waals surface area contributed by atoms with E-state index >= 15 is 0 Å². The van der Waals surface area contributed by atoms with Crippen molar-refractivity contribution in [3.8, 4) is 0 Å². The molecule has 3 rings (SSSR count).